The summed E-state index contributed by atoms with van der Waals surface area (Å²) in [5, 5.41) is 30.9. The number of amides is 1. The van der Waals surface area contributed by atoms with Crippen molar-refractivity contribution in [2.24, 2.45) is 5.73 Å². The van der Waals surface area contributed by atoms with Crippen molar-refractivity contribution in [3.63, 3.8) is 0 Å². The van der Waals surface area contributed by atoms with Crippen molar-refractivity contribution in [2.75, 3.05) is 6.61 Å². The second-order valence-electron chi connectivity index (χ2n) is 6.05. The summed E-state index contributed by atoms with van der Waals surface area (Å²) in [5.74, 6) is 0.464. The number of carbonyl (C=O) groups is 1. The zero-order chi connectivity index (χ0) is 19.9. The second-order valence-corrected chi connectivity index (χ2v) is 6.05. The van der Waals surface area contributed by atoms with E-state index in [2.05, 4.69) is 21.5 Å². The van der Waals surface area contributed by atoms with E-state index in [1.807, 2.05) is 0 Å². The van der Waals surface area contributed by atoms with Crippen molar-refractivity contribution >= 4 is 5.91 Å². The maximum Gasteiger partial charge on any atom is 0.248 e. The Kier molecular flexibility index (Phi) is 5.94. The summed E-state index contributed by atoms with van der Waals surface area (Å²) in [6.07, 6.45) is -0.493. The average Bonchev–Trinajstić information content (AvgIpc) is 3.16. The summed E-state index contributed by atoms with van der Waals surface area (Å²) in [5.41, 5.74) is 7.19. The minimum Gasteiger partial charge on any atom is -0.491 e. The fourth-order valence-corrected chi connectivity index (χ4v) is 2.45. The number of rotatable bonds is 8. The lowest BCUT2D eigenvalue weighted by atomic mass is 10.1. The number of aliphatic hydroxyl groups is 1. The molecule has 142 valence electrons. The molecular formula is C19H18N6O3. The minimum absolute atomic E-state index is 0.0573. The lowest BCUT2D eigenvalue weighted by Crippen LogP contribution is -2.25. The van der Waals surface area contributed by atoms with E-state index in [0.29, 0.717) is 29.1 Å². The number of hydrogen-bond acceptors (Lipinski definition) is 7. The topological polar surface area (TPSA) is 140 Å². The van der Waals surface area contributed by atoms with E-state index >= 15 is 0 Å². The highest BCUT2D eigenvalue weighted by Gasteiger charge is 2.12. The standard InChI is InChI=1S/C19H18N6O3/c20-10-9-13-1-7-17(8-2-13)28-12-16(26)11-25-23-19(22-24-25)15-5-3-14(4-6-15)18(21)27/h1-8,16,26H,9,11-12H2,(H2,21,27). The Morgan fingerprint density at radius 1 is 1.21 bits per heavy atom. The van der Waals surface area contributed by atoms with Gasteiger partial charge in [-0.2, -0.15) is 10.1 Å². The van der Waals surface area contributed by atoms with Crippen molar-refractivity contribution in [3.8, 4) is 23.2 Å². The zero-order valence-corrected chi connectivity index (χ0v) is 14.9. The van der Waals surface area contributed by atoms with Crippen LogP contribution in [0.1, 0.15) is 15.9 Å². The Bertz CT molecular complexity index is 976. The first-order valence-corrected chi connectivity index (χ1v) is 8.50. The number of hydrogen-bond donors (Lipinski definition) is 2. The molecule has 0 saturated carbocycles. The fraction of sp³-hybridized carbons (Fsp3) is 0.211. The van der Waals surface area contributed by atoms with Gasteiger partial charge in [-0.25, -0.2) is 0 Å². The largest absolute Gasteiger partial charge is 0.491 e. The van der Waals surface area contributed by atoms with Gasteiger partial charge in [-0.1, -0.05) is 24.3 Å². The predicted molar refractivity (Wildman–Crippen MR) is 99.0 cm³/mol. The Labute approximate surface area is 161 Å². The molecule has 1 aromatic heterocycles. The molecule has 2 aromatic carbocycles. The van der Waals surface area contributed by atoms with Crippen LogP contribution >= 0.6 is 0 Å². The molecular weight excluding hydrogens is 360 g/mol. The van der Waals surface area contributed by atoms with Gasteiger partial charge in [0.05, 0.1) is 19.0 Å². The summed E-state index contributed by atoms with van der Waals surface area (Å²) >= 11 is 0. The highest BCUT2D eigenvalue weighted by atomic mass is 16.5. The normalized spacial score (nSPS) is 11.6. The molecule has 3 N–H and O–H groups in total. The number of nitrogens with two attached hydrogens (primary N) is 1. The van der Waals surface area contributed by atoms with Crippen molar-refractivity contribution < 1.29 is 14.6 Å². The fourth-order valence-electron chi connectivity index (χ4n) is 2.45. The number of tetrazole rings is 1. The molecule has 1 heterocycles. The van der Waals surface area contributed by atoms with Crippen LogP contribution in [0, 0.1) is 11.3 Å². The van der Waals surface area contributed by atoms with E-state index in [1.165, 1.54) is 4.80 Å². The molecule has 3 aromatic rings. The molecule has 9 nitrogen and oxygen atoms in total. The molecule has 28 heavy (non-hydrogen) atoms. The molecule has 0 aliphatic carbocycles. The number of carbonyl (C=O) groups excluding carboxylic acids is 1. The first-order valence-electron chi connectivity index (χ1n) is 8.50. The lowest BCUT2D eigenvalue weighted by Gasteiger charge is -2.11. The molecule has 3 rings (SSSR count). The summed E-state index contributed by atoms with van der Waals surface area (Å²) < 4.78 is 5.53. The third-order valence-electron chi connectivity index (χ3n) is 3.90. The maximum absolute atomic E-state index is 11.1. The summed E-state index contributed by atoms with van der Waals surface area (Å²) in [6, 6.07) is 15.7. The van der Waals surface area contributed by atoms with E-state index in [9.17, 15) is 9.90 Å². The van der Waals surface area contributed by atoms with Crippen LogP contribution in [0.2, 0.25) is 0 Å². The summed E-state index contributed by atoms with van der Waals surface area (Å²) in [6.45, 7) is 0.167. The van der Waals surface area contributed by atoms with Crippen LogP contribution in [-0.4, -0.2) is 43.9 Å². The molecule has 0 saturated heterocycles. The van der Waals surface area contributed by atoms with E-state index < -0.39 is 12.0 Å². The quantitative estimate of drug-likeness (QED) is 0.594. The Hall–Kier alpha value is -3.77. The Morgan fingerprint density at radius 2 is 1.93 bits per heavy atom. The molecule has 0 spiro atoms. The van der Waals surface area contributed by atoms with Crippen molar-refractivity contribution in [1.29, 1.82) is 5.26 Å². The van der Waals surface area contributed by atoms with Gasteiger partial charge in [0.1, 0.15) is 18.5 Å². The monoisotopic (exact) mass is 378 g/mol. The number of aromatic nitrogens is 4. The van der Waals surface area contributed by atoms with Gasteiger partial charge >= 0.3 is 0 Å². The van der Waals surface area contributed by atoms with Crippen LogP contribution in [0.3, 0.4) is 0 Å². The van der Waals surface area contributed by atoms with Crippen LogP contribution < -0.4 is 10.5 Å². The molecule has 0 aliphatic rings. The average molecular weight is 378 g/mol. The van der Waals surface area contributed by atoms with Gasteiger partial charge in [0.2, 0.25) is 11.7 Å². The maximum atomic E-state index is 11.1. The summed E-state index contributed by atoms with van der Waals surface area (Å²) in [7, 11) is 0. The van der Waals surface area contributed by atoms with Crippen molar-refractivity contribution in [3.05, 3.63) is 59.7 Å². The number of nitrogens with zero attached hydrogens (tertiary/aromatic N) is 5. The van der Waals surface area contributed by atoms with Crippen LogP contribution in [0.5, 0.6) is 5.75 Å². The molecule has 9 heteroatoms. The third kappa shape index (κ3) is 4.90. The SMILES string of the molecule is N#CCc1ccc(OCC(O)Cn2nnc(-c3ccc(C(N)=O)cc3)n2)cc1. The molecule has 1 amide bonds. The molecule has 0 radical (unpaired) electrons. The molecule has 0 fully saturated rings. The number of benzene rings is 2. The lowest BCUT2D eigenvalue weighted by molar-refractivity contribution is 0.0850. The number of ether oxygens (including phenoxy) is 1. The highest BCUT2D eigenvalue weighted by Crippen LogP contribution is 2.15. The second kappa shape index (κ2) is 8.75. The first-order chi connectivity index (χ1) is 13.5. The number of nitriles is 1. The van der Waals surface area contributed by atoms with E-state index in [1.54, 1.807) is 48.5 Å². The molecule has 1 atom stereocenters. The molecule has 0 aliphatic heterocycles. The third-order valence-corrected chi connectivity index (χ3v) is 3.90. The molecule has 0 bridgehead atoms. The van der Waals surface area contributed by atoms with Crippen LogP contribution in [0.4, 0.5) is 0 Å². The van der Waals surface area contributed by atoms with Crippen LogP contribution in [-0.2, 0) is 13.0 Å². The first kappa shape index (κ1) is 19.0. The van der Waals surface area contributed by atoms with E-state index in [4.69, 9.17) is 15.7 Å². The smallest absolute Gasteiger partial charge is 0.248 e. The van der Waals surface area contributed by atoms with Gasteiger partial charge in [-0.3, -0.25) is 4.79 Å². The van der Waals surface area contributed by atoms with Gasteiger partial charge in [-0.05, 0) is 35.0 Å². The van der Waals surface area contributed by atoms with Crippen molar-refractivity contribution in [2.45, 2.75) is 19.1 Å². The van der Waals surface area contributed by atoms with Crippen molar-refractivity contribution in [1.82, 2.24) is 20.2 Å². The predicted octanol–water partition coefficient (Wildman–Crippen LogP) is 0.945. The van der Waals surface area contributed by atoms with Gasteiger partial charge in [0.15, 0.2) is 0 Å². The van der Waals surface area contributed by atoms with Gasteiger partial charge in [-0.15, -0.1) is 10.2 Å². The number of primary amides is 1. The van der Waals surface area contributed by atoms with E-state index in [0.717, 1.165) is 5.56 Å². The van der Waals surface area contributed by atoms with Gasteiger partial charge < -0.3 is 15.6 Å². The highest BCUT2D eigenvalue weighted by molar-refractivity contribution is 5.93. The van der Waals surface area contributed by atoms with Gasteiger partial charge in [0, 0.05) is 11.1 Å². The molecule has 1 unspecified atom stereocenters. The number of aliphatic hydroxyl groups excluding tert-OH is 1. The Balaban J connectivity index is 1.54. The zero-order valence-electron chi connectivity index (χ0n) is 14.9. The van der Waals surface area contributed by atoms with Gasteiger partial charge in [0.25, 0.3) is 0 Å². The minimum atomic E-state index is -0.835. The van der Waals surface area contributed by atoms with E-state index in [-0.39, 0.29) is 13.2 Å². The Morgan fingerprint density at radius 3 is 2.57 bits per heavy atom. The van der Waals surface area contributed by atoms with Crippen LogP contribution in [0.15, 0.2) is 48.5 Å². The van der Waals surface area contributed by atoms with Crippen LogP contribution in [0.25, 0.3) is 11.4 Å². The summed E-state index contributed by atoms with van der Waals surface area (Å²) in [4.78, 5) is 12.4.